The highest BCUT2D eigenvalue weighted by atomic mass is 35.5. The van der Waals surface area contributed by atoms with Gasteiger partial charge in [0.15, 0.2) is 0 Å². The zero-order valence-corrected chi connectivity index (χ0v) is 11.9. The van der Waals surface area contributed by atoms with Gasteiger partial charge < -0.3 is 9.84 Å². The first-order chi connectivity index (χ1) is 9.13. The van der Waals surface area contributed by atoms with Gasteiger partial charge in [-0.3, -0.25) is 0 Å². The van der Waals surface area contributed by atoms with E-state index in [0.717, 1.165) is 5.56 Å². The van der Waals surface area contributed by atoms with Crippen molar-refractivity contribution in [2.45, 2.75) is 19.4 Å². The monoisotopic (exact) mass is 296 g/mol. The minimum atomic E-state index is -0.561. The van der Waals surface area contributed by atoms with Gasteiger partial charge in [0, 0.05) is 5.56 Å². The Morgan fingerprint density at radius 3 is 2.47 bits per heavy atom. The molecule has 0 aliphatic rings. The van der Waals surface area contributed by atoms with Crippen LogP contribution in [-0.2, 0) is 0 Å². The number of halogens is 2. The summed E-state index contributed by atoms with van der Waals surface area (Å²) in [5, 5.41) is 10.8. The lowest BCUT2D eigenvalue weighted by Crippen LogP contribution is -1.98. The van der Waals surface area contributed by atoms with E-state index in [1.807, 2.05) is 25.1 Å². The molecule has 2 aromatic carbocycles. The molecule has 0 unspecified atom stereocenters. The Labute approximate surface area is 122 Å². The number of rotatable bonds is 4. The lowest BCUT2D eigenvalue weighted by molar-refractivity contribution is 0.170. The summed E-state index contributed by atoms with van der Waals surface area (Å²) in [6, 6.07) is 12.5. The van der Waals surface area contributed by atoms with Crippen molar-refractivity contribution in [3.05, 3.63) is 58.1 Å². The lowest BCUT2D eigenvalue weighted by atomic mass is 10.1. The number of hydrogen-bond acceptors (Lipinski definition) is 2. The first-order valence-electron chi connectivity index (χ1n) is 6.02. The molecule has 0 amide bonds. The summed E-state index contributed by atoms with van der Waals surface area (Å²) >= 11 is 12.0. The summed E-state index contributed by atoms with van der Waals surface area (Å²) in [4.78, 5) is 0. The zero-order chi connectivity index (χ0) is 13.8. The van der Waals surface area contributed by atoms with E-state index in [1.54, 1.807) is 24.3 Å². The first kappa shape index (κ1) is 14.2. The highest BCUT2D eigenvalue weighted by molar-refractivity contribution is 6.42. The van der Waals surface area contributed by atoms with Gasteiger partial charge in [0.2, 0.25) is 0 Å². The van der Waals surface area contributed by atoms with Crippen molar-refractivity contribution in [2.24, 2.45) is 0 Å². The Kier molecular flexibility index (Phi) is 4.70. The average molecular weight is 297 g/mol. The molecule has 0 saturated heterocycles. The number of aliphatic hydroxyl groups excluding tert-OH is 1. The van der Waals surface area contributed by atoms with Crippen LogP contribution in [0.1, 0.15) is 25.0 Å². The maximum Gasteiger partial charge on any atom is 0.147 e. The summed E-state index contributed by atoms with van der Waals surface area (Å²) in [6.45, 7) is 1.91. The molecule has 2 rings (SSSR count). The van der Waals surface area contributed by atoms with Crippen LogP contribution < -0.4 is 4.74 Å². The third-order valence-corrected chi connectivity index (χ3v) is 3.60. The third kappa shape index (κ3) is 3.21. The Morgan fingerprint density at radius 1 is 1.05 bits per heavy atom. The molecule has 0 bridgehead atoms. The van der Waals surface area contributed by atoms with Crippen LogP contribution in [0.3, 0.4) is 0 Å². The van der Waals surface area contributed by atoms with Crippen molar-refractivity contribution in [3.63, 3.8) is 0 Å². The lowest BCUT2D eigenvalue weighted by Gasteiger charge is -2.15. The second kappa shape index (κ2) is 6.29. The molecule has 100 valence electrons. The van der Waals surface area contributed by atoms with Crippen LogP contribution in [0.15, 0.2) is 42.5 Å². The molecular weight excluding hydrogens is 283 g/mol. The Balaban J connectivity index is 2.36. The van der Waals surface area contributed by atoms with Gasteiger partial charge >= 0.3 is 0 Å². The van der Waals surface area contributed by atoms with Crippen LogP contribution >= 0.6 is 23.2 Å². The van der Waals surface area contributed by atoms with Crippen LogP contribution in [0, 0.1) is 0 Å². The van der Waals surface area contributed by atoms with Crippen LogP contribution in [0.4, 0.5) is 0 Å². The molecule has 1 N–H and O–H groups in total. The van der Waals surface area contributed by atoms with Gasteiger partial charge in [0.25, 0.3) is 0 Å². The highest BCUT2D eigenvalue weighted by Crippen LogP contribution is 2.37. The third-order valence-electron chi connectivity index (χ3n) is 2.80. The maximum atomic E-state index is 9.97. The number of aliphatic hydroxyl groups is 1. The van der Waals surface area contributed by atoms with E-state index < -0.39 is 6.10 Å². The number of ether oxygens (including phenoxy) is 1. The number of benzene rings is 2. The van der Waals surface area contributed by atoms with Crippen LogP contribution in [0.25, 0.3) is 0 Å². The van der Waals surface area contributed by atoms with Crippen LogP contribution in [-0.4, -0.2) is 5.11 Å². The minimum absolute atomic E-state index is 0.366. The maximum absolute atomic E-state index is 9.97. The molecule has 0 aliphatic carbocycles. The molecule has 0 saturated carbocycles. The molecule has 2 nitrogen and oxygen atoms in total. The predicted molar refractivity (Wildman–Crippen MR) is 78.2 cm³/mol. The summed E-state index contributed by atoms with van der Waals surface area (Å²) in [6.07, 6.45) is 0.0538. The number of para-hydroxylation sites is 1. The molecule has 0 radical (unpaired) electrons. The fourth-order valence-electron chi connectivity index (χ4n) is 1.75. The topological polar surface area (TPSA) is 29.5 Å². The summed E-state index contributed by atoms with van der Waals surface area (Å²) in [5.74, 6) is 1.06. The van der Waals surface area contributed by atoms with Crippen LogP contribution in [0.5, 0.6) is 11.5 Å². The second-order valence-electron chi connectivity index (χ2n) is 4.12. The molecule has 4 heteroatoms. The molecule has 0 heterocycles. The molecule has 2 aromatic rings. The van der Waals surface area contributed by atoms with E-state index >= 15 is 0 Å². The van der Waals surface area contributed by atoms with Gasteiger partial charge in [-0.2, -0.15) is 0 Å². The van der Waals surface area contributed by atoms with Gasteiger partial charge in [0.05, 0.1) is 11.1 Å². The summed E-state index contributed by atoms with van der Waals surface area (Å²) in [7, 11) is 0. The second-order valence-corrected chi connectivity index (χ2v) is 4.90. The summed E-state index contributed by atoms with van der Waals surface area (Å²) < 4.78 is 5.77. The van der Waals surface area contributed by atoms with Gasteiger partial charge in [0.1, 0.15) is 16.5 Å². The van der Waals surface area contributed by atoms with Crippen LogP contribution in [0.2, 0.25) is 10.0 Å². The van der Waals surface area contributed by atoms with Gasteiger partial charge in [-0.25, -0.2) is 0 Å². The zero-order valence-electron chi connectivity index (χ0n) is 10.4. The van der Waals surface area contributed by atoms with E-state index in [0.29, 0.717) is 28.0 Å². The van der Waals surface area contributed by atoms with Crippen molar-refractivity contribution < 1.29 is 9.84 Å². The molecular formula is C15H14Cl2O2. The van der Waals surface area contributed by atoms with E-state index in [-0.39, 0.29) is 0 Å². The molecule has 0 aromatic heterocycles. The van der Waals surface area contributed by atoms with E-state index in [4.69, 9.17) is 27.9 Å². The molecule has 0 fully saturated rings. The van der Waals surface area contributed by atoms with Gasteiger partial charge in [-0.1, -0.05) is 54.4 Å². The van der Waals surface area contributed by atoms with Gasteiger partial charge in [-0.05, 0) is 24.6 Å². The first-order valence-corrected chi connectivity index (χ1v) is 6.78. The van der Waals surface area contributed by atoms with E-state index in [9.17, 15) is 5.11 Å². The smallest absolute Gasteiger partial charge is 0.147 e. The van der Waals surface area contributed by atoms with Crippen molar-refractivity contribution in [1.82, 2.24) is 0 Å². The Hall–Kier alpha value is -1.22. The molecule has 19 heavy (non-hydrogen) atoms. The molecule has 0 aliphatic heterocycles. The quantitative estimate of drug-likeness (QED) is 0.837. The van der Waals surface area contributed by atoms with Crippen molar-refractivity contribution in [1.29, 1.82) is 0 Å². The van der Waals surface area contributed by atoms with Crippen molar-refractivity contribution in [2.75, 3.05) is 0 Å². The van der Waals surface area contributed by atoms with Crippen molar-refractivity contribution >= 4 is 23.2 Å². The minimum Gasteiger partial charge on any atom is -0.455 e. The average Bonchev–Trinajstić information content (AvgIpc) is 2.43. The fourth-order valence-corrected chi connectivity index (χ4v) is 2.08. The van der Waals surface area contributed by atoms with E-state index in [1.165, 1.54) is 0 Å². The molecule has 0 spiro atoms. The SMILES string of the molecule is CC[C@@H](O)c1ccccc1Oc1cccc(Cl)c1Cl. The molecule has 1 atom stereocenters. The predicted octanol–water partition coefficient (Wildman–Crippen LogP) is 5.23. The van der Waals surface area contributed by atoms with E-state index in [2.05, 4.69) is 0 Å². The Morgan fingerprint density at radius 2 is 1.74 bits per heavy atom. The standard InChI is InChI=1S/C15H14Cl2O2/c1-2-12(18)10-6-3-4-8-13(10)19-14-9-5-7-11(16)15(14)17/h3-9,12,18H,2H2,1H3/t12-/m1/s1. The van der Waals surface area contributed by atoms with Crippen molar-refractivity contribution in [3.8, 4) is 11.5 Å². The largest absolute Gasteiger partial charge is 0.455 e. The normalized spacial score (nSPS) is 12.2. The Bertz CT molecular complexity index is 570. The highest BCUT2D eigenvalue weighted by Gasteiger charge is 2.13. The summed E-state index contributed by atoms with van der Waals surface area (Å²) in [5.41, 5.74) is 0.737. The number of hydrogen-bond donors (Lipinski definition) is 1. The fraction of sp³-hybridized carbons (Fsp3) is 0.200. The van der Waals surface area contributed by atoms with Gasteiger partial charge in [-0.15, -0.1) is 0 Å².